The van der Waals surface area contributed by atoms with E-state index in [0.717, 1.165) is 23.2 Å². The van der Waals surface area contributed by atoms with Gasteiger partial charge in [0.15, 0.2) is 0 Å². The van der Waals surface area contributed by atoms with E-state index in [1.807, 2.05) is 24.3 Å². The lowest BCUT2D eigenvalue weighted by Gasteiger charge is -2.02. The SMILES string of the molecule is C=C(CC)c1cccc(N)c1. The number of rotatable bonds is 2. The first-order valence-corrected chi connectivity index (χ1v) is 3.77. The molecule has 1 heteroatoms. The van der Waals surface area contributed by atoms with Gasteiger partial charge >= 0.3 is 0 Å². The Morgan fingerprint density at radius 2 is 2.27 bits per heavy atom. The average molecular weight is 147 g/mol. The van der Waals surface area contributed by atoms with Crippen LogP contribution in [0, 0.1) is 0 Å². The molecule has 0 aliphatic rings. The minimum absolute atomic E-state index is 0.803. The highest BCUT2D eigenvalue weighted by Gasteiger charge is 1.94. The zero-order chi connectivity index (χ0) is 8.27. The van der Waals surface area contributed by atoms with Gasteiger partial charge in [0.2, 0.25) is 0 Å². The molecule has 0 saturated carbocycles. The summed E-state index contributed by atoms with van der Waals surface area (Å²) in [5.41, 5.74) is 8.70. The smallest absolute Gasteiger partial charge is 0.0320 e. The normalized spacial score (nSPS) is 9.55. The van der Waals surface area contributed by atoms with Gasteiger partial charge in [0, 0.05) is 5.69 Å². The van der Waals surface area contributed by atoms with Crippen molar-refractivity contribution in [2.45, 2.75) is 13.3 Å². The summed E-state index contributed by atoms with van der Waals surface area (Å²) in [5, 5.41) is 0. The molecule has 0 radical (unpaired) electrons. The molecule has 2 N–H and O–H groups in total. The first kappa shape index (κ1) is 7.86. The van der Waals surface area contributed by atoms with Gasteiger partial charge in [-0.2, -0.15) is 0 Å². The van der Waals surface area contributed by atoms with Crippen molar-refractivity contribution in [2.24, 2.45) is 0 Å². The molecule has 11 heavy (non-hydrogen) atoms. The third kappa shape index (κ3) is 1.84. The molecule has 0 bridgehead atoms. The van der Waals surface area contributed by atoms with Crippen LogP contribution in [0.25, 0.3) is 5.57 Å². The Morgan fingerprint density at radius 3 is 2.82 bits per heavy atom. The second-order valence-corrected chi connectivity index (χ2v) is 2.58. The van der Waals surface area contributed by atoms with Crippen molar-refractivity contribution in [1.29, 1.82) is 0 Å². The predicted molar refractivity (Wildman–Crippen MR) is 50.2 cm³/mol. The summed E-state index contributed by atoms with van der Waals surface area (Å²) >= 11 is 0. The molecule has 1 aromatic carbocycles. The van der Waals surface area contributed by atoms with Crippen LogP contribution in [0.15, 0.2) is 30.8 Å². The van der Waals surface area contributed by atoms with E-state index in [0.29, 0.717) is 0 Å². The number of nitrogens with two attached hydrogens (primary N) is 1. The summed E-state index contributed by atoms with van der Waals surface area (Å²) in [6.07, 6.45) is 0.976. The molecule has 1 nitrogen and oxygen atoms in total. The Kier molecular flexibility index (Phi) is 2.32. The van der Waals surface area contributed by atoms with Crippen LogP contribution in [-0.4, -0.2) is 0 Å². The van der Waals surface area contributed by atoms with Crippen molar-refractivity contribution < 1.29 is 0 Å². The molecule has 1 rings (SSSR count). The summed E-state index contributed by atoms with van der Waals surface area (Å²) in [4.78, 5) is 0. The molecule has 0 unspecified atom stereocenters. The van der Waals surface area contributed by atoms with E-state index in [4.69, 9.17) is 5.73 Å². The van der Waals surface area contributed by atoms with E-state index >= 15 is 0 Å². The largest absolute Gasteiger partial charge is 0.399 e. The zero-order valence-corrected chi connectivity index (χ0v) is 6.80. The van der Waals surface area contributed by atoms with Crippen LogP contribution in [0.4, 0.5) is 5.69 Å². The number of benzene rings is 1. The number of anilines is 1. The van der Waals surface area contributed by atoms with Crippen LogP contribution in [-0.2, 0) is 0 Å². The second kappa shape index (κ2) is 3.24. The Bertz CT molecular complexity index is 263. The Hall–Kier alpha value is -1.24. The summed E-state index contributed by atoms with van der Waals surface area (Å²) in [5.74, 6) is 0. The maximum Gasteiger partial charge on any atom is 0.0320 e. The number of hydrogen-bond donors (Lipinski definition) is 1. The van der Waals surface area contributed by atoms with Gasteiger partial charge in [-0.3, -0.25) is 0 Å². The monoisotopic (exact) mass is 147 g/mol. The van der Waals surface area contributed by atoms with Crippen LogP contribution < -0.4 is 5.73 Å². The third-order valence-corrected chi connectivity index (χ3v) is 1.72. The molecular formula is C10H13N. The quantitative estimate of drug-likeness (QED) is 0.639. The maximum atomic E-state index is 5.61. The minimum atomic E-state index is 0.803. The Balaban J connectivity index is 2.96. The molecule has 1 aromatic rings. The van der Waals surface area contributed by atoms with Gasteiger partial charge in [0.1, 0.15) is 0 Å². The fourth-order valence-electron chi connectivity index (χ4n) is 0.963. The highest BCUT2D eigenvalue weighted by Crippen LogP contribution is 2.17. The Morgan fingerprint density at radius 1 is 1.55 bits per heavy atom. The lowest BCUT2D eigenvalue weighted by molar-refractivity contribution is 1.25. The molecule has 58 valence electrons. The summed E-state index contributed by atoms with van der Waals surface area (Å²) in [7, 11) is 0. The molecule has 0 aliphatic heterocycles. The van der Waals surface area contributed by atoms with Gasteiger partial charge in [0.05, 0.1) is 0 Å². The topological polar surface area (TPSA) is 26.0 Å². The van der Waals surface area contributed by atoms with Gasteiger partial charge in [0.25, 0.3) is 0 Å². The lowest BCUT2D eigenvalue weighted by Crippen LogP contribution is -1.86. The van der Waals surface area contributed by atoms with Gasteiger partial charge in [-0.05, 0) is 29.7 Å². The van der Waals surface area contributed by atoms with Gasteiger partial charge in [-0.25, -0.2) is 0 Å². The molecule has 0 aliphatic carbocycles. The molecular weight excluding hydrogens is 134 g/mol. The molecule has 0 fully saturated rings. The lowest BCUT2D eigenvalue weighted by atomic mass is 10.1. The van der Waals surface area contributed by atoms with Crippen molar-refractivity contribution in [3.63, 3.8) is 0 Å². The van der Waals surface area contributed by atoms with Crippen molar-refractivity contribution in [3.05, 3.63) is 36.4 Å². The van der Waals surface area contributed by atoms with Crippen LogP contribution in [0.1, 0.15) is 18.9 Å². The van der Waals surface area contributed by atoms with Gasteiger partial charge < -0.3 is 5.73 Å². The van der Waals surface area contributed by atoms with E-state index in [1.54, 1.807) is 0 Å². The summed E-state index contributed by atoms with van der Waals surface area (Å²) in [6, 6.07) is 7.81. The minimum Gasteiger partial charge on any atom is -0.399 e. The maximum absolute atomic E-state index is 5.61. The first-order chi connectivity index (χ1) is 5.24. The van der Waals surface area contributed by atoms with Crippen molar-refractivity contribution in [3.8, 4) is 0 Å². The predicted octanol–water partition coefficient (Wildman–Crippen LogP) is 2.69. The fraction of sp³-hybridized carbons (Fsp3) is 0.200. The van der Waals surface area contributed by atoms with E-state index < -0.39 is 0 Å². The van der Waals surface area contributed by atoms with Crippen LogP contribution >= 0.6 is 0 Å². The summed E-state index contributed by atoms with van der Waals surface area (Å²) in [6.45, 7) is 6.02. The summed E-state index contributed by atoms with van der Waals surface area (Å²) < 4.78 is 0. The van der Waals surface area contributed by atoms with Crippen LogP contribution in [0.3, 0.4) is 0 Å². The van der Waals surface area contributed by atoms with Crippen LogP contribution in [0.2, 0.25) is 0 Å². The molecule has 0 heterocycles. The number of allylic oxidation sites excluding steroid dienone is 1. The van der Waals surface area contributed by atoms with E-state index in [1.165, 1.54) is 0 Å². The zero-order valence-electron chi connectivity index (χ0n) is 6.80. The Labute approximate surface area is 67.5 Å². The van der Waals surface area contributed by atoms with Gasteiger partial charge in [-0.15, -0.1) is 0 Å². The molecule has 0 aromatic heterocycles. The molecule has 0 saturated heterocycles. The van der Waals surface area contributed by atoms with E-state index in [2.05, 4.69) is 13.5 Å². The standard InChI is InChI=1S/C10H13N/c1-3-8(2)9-5-4-6-10(11)7-9/h4-7H,2-3,11H2,1H3. The average Bonchev–Trinajstić information content (AvgIpc) is 2.03. The number of hydrogen-bond acceptors (Lipinski definition) is 1. The first-order valence-electron chi connectivity index (χ1n) is 3.77. The van der Waals surface area contributed by atoms with E-state index in [-0.39, 0.29) is 0 Å². The van der Waals surface area contributed by atoms with Crippen molar-refractivity contribution >= 4 is 11.3 Å². The fourth-order valence-corrected chi connectivity index (χ4v) is 0.963. The molecule has 0 atom stereocenters. The molecule has 0 amide bonds. The van der Waals surface area contributed by atoms with Crippen molar-refractivity contribution in [2.75, 3.05) is 5.73 Å². The molecule has 0 spiro atoms. The highest BCUT2D eigenvalue weighted by atomic mass is 14.5. The van der Waals surface area contributed by atoms with Crippen LogP contribution in [0.5, 0.6) is 0 Å². The highest BCUT2D eigenvalue weighted by molar-refractivity contribution is 5.65. The second-order valence-electron chi connectivity index (χ2n) is 2.58. The van der Waals surface area contributed by atoms with E-state index in [9.17, 15) is 0 Å². The van der Waals surface area contributed by atoms with Gasteiger partial charge in [-0.1, -0.05) is 25.6 Å². The third-order valence-electron chi connectivity index (χ3n) is 1.72. The van der Waals surface area contributed by atoms with Crippen molar-refractivity contribution in [1.82, 2.24) is 0 Å². The number of nitrogen functional groups attached to an aromatic ring is 1.